The van der Waals surface area contributed by atoms with Crippen LogP contribution in [0, 0.1) is 0 Å². The minimum absolute atomic E-state index is 0.0800. The molecule has 0 spiro atoms. The molecular formula is C23H23ClN2O3S. The molecule has 2 N–H and O–H groups in total. The molecular weight excluding hydrogens is 420 g/mol. The molecule has 1 amide bonds. The monoisotopic (exact) mass is 442 g/mol. The Morgan fingerprint density at radius 1 is 0.900 bits per heavy atom. The van der Waals surface area contributed by atoms with Crippen molar-refractivity contribution in [2.75, 3.05) is 10.0 Å². The predicted octanol–water partition coefficient (Wildman–Crippen LogP) is 5.27. The van der Waals surface area contributed by atoms with E-state index in [2.05, 4.69) is 29.1 Å². The number of rotatable bonds is 8. The van der Waals surface area contributed by atoms with Crippen LogP contribution >= 0.6 is 11.6 Å². The Kier molecular flexibility index (Phi) is 7.13. The van der Waals surface area contributed by atoms with Crippen LogP contribution in [0.4, 0.5) is 11.4 Å². The summed E-state index contributed by atoms with van der Waals surface area (Å²) >= 11 is 6.01. The lowest BCUT2D eigenvalue weighted by Gasteiger charge is -2.10. The lowest BCUT2D eigenvalue weighted by molar-refractivity contribution is -0.116. The number of halogens is 1. The van der Waals surface area contributed by atoms with Gasteiger partial charge in [-0.3, -0.25) is 9.52 Å². The fourth-order valence-electron chi connectivity index (χ4n) is 2.89. The summed E-state index contributed by atoms with van der Waals surface area (Å²) in [7, 11) is -3.78. The van der Waals surface area contributed by atoms with Gasteiger partial charge in [0.05, 0.1) is 15.6 Å². The standard InChI is InChI=1S/C23H23ClN2O3S/c1-2-17-7-9-18(10-8-17)11-16-23(27)25-19-12-14-20(15-13-19)30(28,29)26-22-6-4-3-5-21(22)24/h3-10,12-15,26H,2,11,16H2,1H3,(H,25,27). The van der Waals surface area contributed by atoms with Gasteiger partial charge in [0.2, 0.25) is 5.91 Å². The maximum absolute atomic E-state index is 12.5. The number of amides is 1. The van der Waals surface area contributed by atoms with Crippen molar-refractivity contribution in [2.45, 2.75) is 31.1 Å². The lowest BCUT2D eigenvalue weighted by Crippen LogP contribution is -2.14. The van der Waals surface area contributed by atoms with E-state index >= 15 is 0 Å². The van der Waals surface area contributed by atoms with Gasteiger partial charge in [0.15, 0.2) is 0 Å². The summed E-state index contributed by atoms with van der Waals surface area (Å²) in [6, 6.07) is 20.8. The summed E-state index contributed by atoms with van der Waals surface area (Å²) in [6.07, 6.45) is 1.98. The van der Waals surface area contributed by atoms with Crippen LogP contribution in [0.5, 0.6) is 0 Å². The third-order valence-corrected chi connectivity index (χ3v) is 6.35. The van der Waals surface area contributed by atoms with Crippen LogP contribution in [0.1, 0.15) is 24.5 Å². The SMILES string of the molecule is CCc1ccc(CCC(=O)Nc2ccc(S(=O)(=O)Nc3ccccc3Cl)cc2)cc1. The molecule has 5 nitrogen and oxygen atoms in total. The van der Waals surface area contributed by atoms with Gasteiger partial charge in [-0.1, -0.05) is 54.9 Å². The van der Waals surface area contributed by atoms with Gasteiger partial charge in [0.25, 0.3) is 10.0 Å². The molecule has 0 saturated carbocycles. The number of hydrogen-bond acceptors (Lipinski definition) is 3. The molecule has 0 radical (unpaired) electrons. The van der Waals surface area contributed by atoms with E-state index in [9.17, 15) is 13.2 Å². The number of benzene rings is 3. The summed E-state index contributed by atoms with van der Waals surface area (Å²) in [5.41, 5.74) is 3.22. The van der Waals surface area contributed by atoms with E-state index in [0.717, 1.165) is 12.0 Å². The summed E-state index contributed by atoms with van der Waals surface area (Å²) in [6.45, 7) is 2.10. The Morgan fingerprint density at radius 3 is 2.17 bits per heavy atom. The van der Waals surface area contributed by atoms with Crippen LogP contribution in [0.3, 0.4) is 0 Å². The number of hydrogen-bond donors (Lipinski definition) is 2. The lowest BCUT2D eigenvalue weighted by atomic mass is 10.1. The summed E-state index contributed by atoms with van der Waals surface area (Å²) in [5.74, 6) is -0.126. The number of anilines is 2. The van der Waals surface area contributed by atoms with Gasteiger partial charge in [-0.25, -0.2) is 8.42 Å². The molecule has 156 valence electrons. The number of nitrogens with one attached hydrogen (secondary N) is 2. The predicted molar refractivity (Wildman–Crippen MR) is 121 cm³/mol. The molecule has 0 fully saturated rings. The Bertz CT molecular complexity index is 1110. The van der Waals surface area contributed by atoms with E-state index in [0.29, 0.717) is 29.2 Å². The first-order valence-electron chi connectivity index (χ1n) is 9.62. The zero-order valence-electron chi connectivity index (χ0n) is 16.6. The molecule has 0 atom stereocenters. The van der Waals surface area contributed by atoms with Crippen molar-refractivity contribution in [3.63, 3.8) is 0 Å². The van der Waals surface area contributed by atoms with Crippen LogP contribution < -0.4 is 10.0 Å². The van der Waals surface area contributed by atoms with Crippen molar-refractivity contribution in [1.29, 1.82) is 0 Å². The average molecular weight is 443 g/mol. The first-order valence-corrected chi connectivity index (χ1v) is 11.5. The minimum atomic E-state index is -3.78. The van der Waals surface area contributed by atoms with Crippen molar-refractivity contribution < 1.29 is 13.2 Å². The Balaban J connectivity index is 1.58. The number of para-hydroxylation sites is 1. The average Bonchev–Trinajstić information content (AvgIpc) is 2.74. The second kappa shape index (κ2) is 9.78. The molecule has 0 aliphatic rings. The van der Waals surface area contributed by atoms with E-state index in [-0.39, 0.29) is 10.8 Å². The molecule has 7 heteroatoms. The van der Waals surface area contributed by atoms with Gasteiger partial charge < -0.3 is 5.32 Å². The van der Waals surface area contributed by atoms with E-state index in [1.165, 1.54) is 17.7 Å². The highest BCUT2D eigenvalue weighted by Gasteiger charge is 2.15. The summed E-state index contributed by atoms with van der Waals surface area (Å²) in [5, 5.41) is 3.11. The molecule has 30 heavy (non-hydrogen) atoms. The number of sulfonamides is 1. The van der Waals surface area contributed by atoms with Crippen molar-refractivity contribution in [1.82, 2.24) is 0 Å². The van der Waals surface area contributed by atoms with Crippen molar-refractivity contribution in [2.24, 2.45) is 0 Å². The van der Waals surface area contributed by atoms with Crippen molar-refractivity contribution in [3.05, 3.63) is 88.9 Å². The molecule has 0 heterocycles. The third kappa shape index (κ3) is 5.84. The largest absolute Gasteiger partial charge is 0.326 e. The molecule has 0 aliphatic carbocycles. The maximum Gasteiger partial charge on any atom is 0.261 e. The zero-order valence-corrected chi connectivity index (χ0v) is 18.1. The van der Waals surface area contributed by atoms with Crippen LogP contribution in [0.25, 0.3) is 0 Å². The summed E-state index contributed by atoms with van der Waals surface area (Å²) < 4.78 is 27.5. The number of aryl methyl sites for hydroxylation is 2. The topological polar surface area (TPSA) is 75.3 Å². The molecule has 3 aromatic carbocycles. The van der Waals surface area contributed by atoms with E-state index < -0.39 is 10.0 Å². The van der Waals surface area contributed by atoms with Gasteiger partial charge in [-0.15, -0.1) is 0 Å². The molecule has 0 unspecified atom stereocenters. The van der Waals surface area contributed by atoms with Crippen molar-refractivity contribution >= 4 is 38.9 Å². The van der Waals surface area contributed by atoms with Gasteiger partial charge >= 0.3 is 0 Å². The highest BCUT2D eigenvalue weighted by Crippen LogP contribution is 2.24. The van der Waals surface area contributed by atoms with Gasteiger partial charge in [0.1, 0.15) is 0 Å². The molecule has 0 bridgehead atoms. The summed E-state index contributed by atoms with van der Waals surface area (Å²) in [4.78, 5) is 12.3. The van der Waals surface area contributed by atoms with Gasteiger partial charge in [-0.05, 0) is 60.4 Å². The number of carbonyl (C=O) groups excluding carboxylic acids is 1. The quantitative estimate of drug-likeness (QED) is 0.498. The fraction of sp³-hybridized carbons (Fsp3) is 0.174. The fourth-order valence-corrected chi connectivity index (χ4v) is 4.21. The van der Waals surface area contributed by atoms with E-state index in [4.69, 9.17) is 11.6 Å². The van der Waals surface area contributed by atoms with Gasteiger partial charge in [0, 0.05) is 12.1 Å². The molecule has 0 saturated heterocycles. The maximum atomic E-state index is 12.5. The molecule has 3 aromatic rings. The second-order valence-electron chi connectivity index (χ2n) is 6.83. The Hall–Kier alpha value is -2.83. The highest BCUT2D eigenvalue weighted by atomic mass is 35.5. The Labute approximate surface area is 182 Å². The van der Waals surface area contributed by atoms with Crippen molar-refractivity contribution in [3.8, 4) is 0 Å². The first-order chi connectivity index (χ1) is 14.4. The molecule has 0 aromatic heterocycles. The zero-order chi connectivity index (χ0) is 21.6. The number of carbonyl (C=O) groups is 1. The smallest absolute Gasteiger partial charge is 0.261 e. The normalized spacial score (nSPS) is 11.1. The van der Waals surface area contributed by atoms with Gasteiger partial charge in [-0.2, -0.15) is 0 Å². The van der Waals surface area contributed by atoms with Crippen LogP contribution in [-0.4, -0.2) is 14.3 Å². The second-order valence-corrected chi connectivity index (χ2v) is 8.92. The third-order valence-electron chi connectivity index (χ3n) is 4.64. The first kappa shape index (κ1) is 21.9. The Morgan fingerprint density at radius 2 is 1.53 bits per heavy atom. The van der Waals surface area contributed by atoms with E-state index in [1.54, 1.807) is 36.4 Å². The molecule has 3 rings (SSSR count). The highest BCUT2D eigenvalue weighted by molar-refractivity contribution is 7.92. The van der Waals surface area contributed by atoms with Crippen LogP contribution in [-0.2, 0) is 27.7 Å². The molecule has 0 aliphatic heterocycles. The minimum Gasteiger partial charge on any atom is -0.326 e. The van der Waals surface area contributed by atoms with Crippen LogP contribution in [0.15, 0.2) is 77.7 Å². The van der Waals surface area contributed by atoms with Crippen LogP contribution in [0.2, 0.25) is 5.02 Å². The van der Waals surface area contributed by atoms with E-state index in [1.807, 2.05) is 12.1 Å².